The second-order valence-electron chi connectivity index (χ2n) is 6.33. The zero-order valence-electron chi connectivity index (χ0n) is 12.2. The molecule has 0 aliphatic heterocycles. The average molecular weight is 270 g/mol. The van der Waals surface area contributed by atoms with Gasteiger partial charge in [0.1, 0.15) is 0 Å². The molecule has 1 fully saturated rings. The molecule has 0 atom stereocenters. The molecule has 5 heteroatoms. The van der Waals surface area contributed by atoms with Gasteiger partial charge in [0.2, 0.25) is 11.8 Å². The summed E-state index contributed by atoms with van der Waals surface area (Å²) < 4.78 is 0. The molecule has 0 unspecified atom stereocenters. The maximum absolute atomic E-state index is 11.7. The summed E-state index contributed by atoms with van der Waals surface area (Å²) in [4.78, 5) is 23.3. The Balaban J connectivity index is 2.16. The van der Waals surface area contributed by atoms with E-state index >= 15 is 0 Å². The number of carbonyl (C=O) groups excluding carboxylic acids is 2. The predicted molar refractivity (Wildman–Crippen MR) is 73.5 cm³/mol. The Morgan fingerprint density at radius 3 is 2.26 bits per heavy atom. The highest BCUT2D eigenvalue weighted by Gasteiger charge is 2.22. The summed E-state index contributed by atoms with van der Waals surface area (Å²) >= 11 is 0. The minimum Gasteiger partial charge on any atom is -0.393 e. The van der Waals surface area contributed by atoms with Crippen LogP contribution in [0.15, 0.2) is 0 Å². The number of amides is 2. The molecule has 0 aromatic carbocycles. The maximum atomic E-state index is 11.7. The van der Waals surface area contributed by atoms with Gasteiger partial charge in [0.05, 0.1) is 6.10 Å². The van der Waals surface area contributed by atoms with Crippen molar-refractivity contribution in [2.24, 2.45) is 5.41 Å². The summed E-state index contributed by atoms with van der Waals surface area (Å²) in [5.41, 5.74) is -0.421. The number of aliphatic hydroxyl groups excluding tert-OH is 1. The average Bonchev–Trinajstić information content (AvgIpc) is 2.31. The fourth-order valence-electron chi connectivity index (χ4n) is 2.07. The molecular formula is C14H26N2O3. The van der Waals surface area contributed by atoms with Gasteiger partial charge < -0.3 is 15.7 Å². The van der Waals surface area contributed by atoms with E-state index < -0.39 is 5.41 Å². The lowest BCUT2D eigenvalue weighted by Gasteiger charge is -2.26. The van der Waals surface area contributed by atoms with Crippen LogP contribution >= 0.6 is 0 Å². The van der Waals surface area contributed by atoms with Crippen LogP contribution in [0.5, 0.6) is 0 Å². The predicted octanol–water partition coefficient (Wildman–Crippen LogP) is 0.958. The number of carbonyl (C=O) groups is 2. The topological polar surface area (TPSA) is 78.4 Å². The summed E-state index contributed by atoms with van der Waals surface area (Å²) in [6.45, 7) is 5.90. The third-order valence-electron chi connectivity index (χ3n) is 3.38. The van der Waals surface area contributed by atoms with Gasteiger partial charge in [0.15, 0.2) is 0 Å². The minimum atomic E-state index is -0.421. The van der Waals surface area contributed by atoms with E-state index in [1.165, 1.54) is 0 Å². The summed E-state index contributed by atoms with van der Waals surface area (Å²) in [6.07, 6.45) is 3.28. The zero-order chi connectivity index (χ0) is 14.5. The van der Waals surface area contributed by atoms with Crippen LogP contribution in [0.3, 0.4) is 0 Å². The van der Waals surface area contributed by atoms with Crippen molar-refractivity contribution in [1.82, 2.24) is 10.6 Å². The normalized spacial score (nSPS) is 23.8. The van der Waals surface area contributed by atoms with Gasteiger partial charge in [0, 0.05) is 24.4 Å². The lowest BCUT2D eigenvalue weighted by molar-refractivity contribution is -0.128. The van der Waals surface area contributed by atoms with E-state index in [1.807, 2.05) is 20.8 Å². The van der Waals surface area contributed by atoms with E-state index in [2.05, 4.69) is 10.6 Å². The van der Waals surface area contributed by atoms with E-state index in [0.29, 0.717) is 13.0 Å². The molecule has 2 amide bonds. The van der Waals surface area contributed by atoms with Gasteiger partial charge in [-0.15, -0.1) is 0 Å². The Labute approximate surface area is 115 Å². The van der Waals surface area contributed by atoms with Crippen LogP contribution in [0, 0.1) is 5.41 Å². The van der Waals surface area contributed by atoms with E-state index in [0.717, 1.165) is 25.7 Å². The van der Waals surface area contributed by atoms with Crippen LogP contribution in [-0.2, 0) is 9.59 Å². The molecule has 0 aromatic heterocycles. The van der Waals surface area contributed by atoms with Crippen molar-refractivity contribution in [2.75, 3.05) is 6.54 Å². The number of aliphatic hydroxyl groups is 1. The van der Waals surface area contributed by atoms with Crippen molar-refractivity contribution in [3.05, 3.63) is 0 Å². The van der Waals surface area contributed by atoms with Gasteiger partial charge in [-0.05, 0) is 25.7 Å². The van der Waals surface area contributed by atoms with Gasteiger partial charge in [-0.1, -0.05) is 20.8 Å². The molecule has 1 saturated carbocycles. The lowest BCUT2D eigenvalue weighted by atomic mass is 9.93. The quantitative estimate of drug-likeness (QED) is 0.712. The number of hydrogen-bond acceptors (Lipinski definition) is 3. The lowest BCUT2D eigenvalue weighted by Crippen LogP contribution is -2.41. The highest BCUT2D eigenvalue weighted by atomic mass is 16.3. The molecule has 0 heterocycles. The fraction of sp³-hybridized carbons (Fsp3) is 0.857. The van der Waals surface area contributed by atoms with Gasteiger partial charge >= 0.3 is 0 Å². The first-order valence-corrected chi connectivity index (χ1v) is 7.05. The van der Waals surface area contributed by atoms with Crippen molar-refractivity contribution < 1.29 is 14.7 Å². The second-order valence-corrected chi connectivity index (χ2v) is 6.33. The highest BCUT2D eigenvalue weighted by Crippen LogP contribution is 2.18. The number of rotatable bonds is 4. The summed E-state index contributed by atoms with van der Waals surface area (Å²) in [7, 11) is 0. The molecular weight excluding hydrogens is 244 g/mol. The van der Waals surface area contributed by atoms with Crippen LogP contribution in [0.2, 0.25) is 0 Å². The molecule has 0 saturated heterocycles. The molecule has 0 bridgehead atoms. The minimum absolute atomic E-state index is 0.0319. The van der Waals surface area contributed by atoms with Crippen molar-refractivity contribution >= 4 is 11.8 Å². The molecule has 110 valence electrons. The number of hydrogen-bond donors (Lipinski definition) is 3. The van der Waals surface area contributed by atoms with Gasteiger partial charge in [-0.25, -0.2) is 0 Å². The third kappa shape index (κ3) is 6.05. The van der Waals surface area contributed by atoms with E-state index in [4.69, 9.17) is 0 Å². The summed E-state index contributed by atoms with van der Waals surface area (Å²) in [6, 6.07) is 0.175. The standard InChI is InChI=1S/C14H26N2O3/c1-14(2,3)13(19)15-9-8-12(18)16-10-4-6-11(17)7-5-10/h10-11,17H,4-9H2,1-3H3,(H,15,19)(H,16,18). The largest absolute Gasteiger partial charge is 0.393 e. The molecule has 1 aliphatic carbocycles. The van der Waals surface area contributed by atoms with Crippen molar-refractivity contribution in [1.29, 1.82) is 0 Å². The molecule has 19 heavy (non-hydrogen) atoms. The highest BCUT2D eigenvalue weighted by molar-refractivity contribution is 5.82. The van der Waals surface area contributed by atoms with Crippen LogP contribution in [0.1, 0.15) is 52.9 Å². The Bertz CT molecular complexity index is 315. The Hall–Kier alpha value is -1.10. The molecule has 1 rings (SSSR count). The maximum Gasteiger partial charge on any atom is 0.225 e. The van der Waals surface area contributed by atoms with Crippen LogP contribution in [0.25, 0.3) is 0 Å². The monoisotopic (exact) mass is 270 g/mol. The Morgan fingerprint density at radius 2 is 1.74 bits per heavy atom. The Kier molecular flexibility index (Phi) is 5.79. The first-order valence-electron chi connectivity index (χ1n) is 7.05. The van der Waals surface area contributed by atoms with Crippen molar-refractivity contribution in [2.45, 2.75) is 65.0 Å². The molecule has 3 N–H and O–H groups in total. The first-order chi connectivity index (χ1) is 8.79. The van der Waals surface area contributed by atoms with Crippen LogP contribution in [0.4, 0.5) is 0 Å². The SMILES string of the molecule is CC(C)(C)C(=O)NCCC(=O)NC1CCC(O)CC1. The Morgan fingerprint density at radius 1 is 1.16 bits per heavy atom. The van der Waals surface area contributed by atoms with Crippen LogP contribution < -0.4 is 10.6 Å². The summed E-state index contributed by atoms with van der Waals surface area (Å²) in [5.74, 6) is -0.0725. The van der Waals surface area contributed by atoms with Gasteiger partial charge in [0.25, 0.3) is 0 Å². The second kappa shape index (κ2) is 6.89. The molecule has 1 aliphatic rings. The first kappa shape index (κ1) is 16.0. The van der Waals surface area contributed by atoms with E-state index in [9.17, 15) is 14.7 Å². The van der Waals surface area contributed by atoms with Gasteiger partial charge in [-0.3, -0.25) is 9.59 Å². The summed E-state index contributed by atoms with van der Waals surface area (Å²) in [5, 5.41) is 15.1. The molecule has 5 nitrogen and oxygen atoms in total. The van der Waals surface area contributed by atoms with Crippen molar-refractivity contribution in [3.63, 3.8) is 0 Å². The zero-order valence-corrected chi connectivity index (χ0v) is 12.2. The third-order valence-corrected chi connectivity index (χ3v) is 3.38. The fourth-order valence-corrected chi connectivity index (χ4v) is 2.07. The molecule has 0 radical (unpaired) electrons. The smallest absolute Gasteiger partial charge is 0.225 e. The van der Waals surface area contributed by atoms with Crippen LogP contribution in [-0.4, -0.2) is 35.6 Å². The van der Waals surface area contributed by atoms with E-state index in [-0.39, 0.29) is 24.0 Å². The van der Waals surface area contributed by atoms with Gasteiger partial charge in [-0.2, -0.15) is 0 Å². The number of nitrogens with one attached hydrogen (secondary N) is 2. The van der Waals surface area contributed by atoms with Crippen molar-refractivity contribution in [3.8, 4) is 0 Å². The molecule has 0 aromatic rings. The molecule has 0 spiro atoms. The van der Waals surface area contributed by atoms with E-state index in [1.54, 1.807) is 0 Å².